The smallest absolute Gasteiger partial charge is 0.123 e. The molecule has 7 nitrogen and oxygen atoms in total. The Kier molecular flexibility index (Phi) is 2.93. The van der Waals surface area contributed by atoms with Crippen LogP contribution in [0, 0.1) is 0 Å². The first-order chi connectivity index (χ1) is 9.31. The lowest BCUT2D eigenvalue weighted by Gasteiger charge is -2.07. The fourth-order valence-electron chi connectivity index (χ4n) is 1.78. The Morgan fingerprint density at radius 3 is 2.79 bits per heavy atom. The highest BCUT2D eigenvalue weighted by atomic mass is 15.4. The molecular formula is C12H13N7. The molecule has 1 N–H and O–H groups in total. The summed E-state index contributed by atoms with van der Waals surface area (Å²) in [6.45, 7) is 0.638. The maximum Gasteiger partial charge on any atom is 0.123 e. The molecule has 0 unspecified atom stereocenters. The molecule has 0 radical (unpaired) electrons. The normalized spacial score (nSPS) is 10.6. The number of anilines is 1. The second-order valence-corrected chi connectivity index (χ2v) is 4.16. The molecule has 0 aliphatic rings. The molecule has 0 saturated carbocycles. The highest BCUT2D eigenvalue weighted by molar-refractivity contribution is 5.51. The van der Waals surface area contributed by atoms with Crippen LogP contribution >= 0.6 is 0 Å². The van der Waals surface area contributed by atoms with Crippen LogP contribution in [0.25, 0.3) is 5.69 Å². The van der Waals surface area contributed by atoms with E-state index in [1.807, 2.05) is 42.1 Å². The zero-order valence-electron chi connectivity index (χ0n) is 10.4. The molecule has 0 bridgehead atoms. The van der Waals surface area contributed by atoms with Crippen LogP contribution in [0.4, 0.5) is 5.69 Å². The van der Waals surface area contributed by atoms with Crippen molar-refractivity contribution < 1.29 is 0 Å². The molecule has 1 aromatic carbocycles. The zero-order valence-corrected chi connectivity index (χ0v) is 10.4. The Morgan fingerprint density at radius 1 is 1.21 bits per heavy atom. The molecule has 0 atom stereocenters. The van der Waals surface area contributed by atoms with E-state index in [-0.39, 0.29) is 0 Å². The van der Waals surface area contributed by atoms with Crippen LogP contribution in [0.2, 0.25) is 0 Å². The van der Waals surface area contributed by atoms with Crippen molar-refractivity contribution in [2.24, 2.45) is 7.05 Å². The molecule has 2 heterocycles. The fourth-order valence-corrected chi connectivity index (χ4v) is 1.78. The predicted molar refractivity (Wildman–Crippen MR) is 69.7 cm³/mol. The molecule has 0 saturated heterocycles. The minimum Gasteiger partial charge on any atom is -0.379 e. The lowest BCUT2D eigenvalue weighted by molar-refractivity contribution is 0.713. The van der Waals surface area contributed by atoms with Gasteiger partial charge in [-0.1, -0.05) is 11.3 Å². The molecule has 19 heavy (non-hydrogen) atoms. The van der Waals surface area contributed by atoms with Gasteiger partial charge in [-0.05, 0) is 18.2 Å². The van der Waals surface area contributed by atoms with Gasteiger partial charge in [0.2, 0.25) is 0 Å². The summed E-state index contributed by atoms with van der Waals surface area (Å²) in [5.74, 6) is 0. The summed E-state index contributed by atoms with van der Waals surface area (Å²) >= 11 is 0. The fraction of sp³-hybridized carbons (Fsp3) is 0.167. The number of rotatable bonds is 4. The van der Waals surface area contributed by atoms with Crippen LogP contribution < -0.4 is 5.32 Å². The van der Waals surface area contributed by atoms with E-state index in [1.165, 1.54) is 0 Å². The molecule has 3 aromatic rings. The third-order valence-corrected chi connectivity index (χ3v) is 2.69. The number of hydrogen-bond donors (Lipinski definition) is 1. The maximum absolute atomic E-state index is 4.03. The first-order valence-corrected chi connectivity index (χ1v) is 5.85. The second kappa shape index (κ2) is 4.89. The molecule has 2 aromatic heterocycles. The molecule has 96 valence electrons. The van der Waals surface area contributed by atoms with Gasteiger partial charge < -0.3 is 5.32 Å². The average molecular weight is 255 g/mol. The van der Waals surface area contributed by atoms with Crippen molar-refractivity contribution in [1.29, 1.82) is 0 Å². The summed E-state index contributed by atoms with van der Waals surface area (Å²) < 4.78 is 3.54. The van der Waals surface area contributed by atoms with Gasteiger partial charge in [0.1, 0.15) is 18.3 Å². The van der Waals surface area contributed by atoms with E-state index in [0.29, 0.717) is 6.54 Å². The van der Waals surface area contributed by atoms with E-state index >= 15 is 0 Å². The topological polar surface area (TPSA) is 73.5 Å². The summed E-state index contributed by atoms with van der Waals surface area (Å²) in [5, 5.41) is 18.8. The van der Waals surface area contributed by atoms with Gasteiger partial charge in [0.05, 0.1) is 12.2 Å². The molecule has 7 heteroatoms. The quantitative estimate of drug-likeness (QED) is 0.753. The summed E-state index contributed by atoms with van der Waals surface area (Å²) in [6, 6.07) is 8.01. The minimum atomic E-state index is 0.638. The Labute approximate surface area is 109 Å². The van der Waals surface area contributed by atoms with Crippen molar-refractivity contribution in [2.45, 2.75) is 6.54 Å². The number of hydrogen-bond acceptors (Lipinski definition) is 5. The van der Waals surface area contributed by atoms with Gasteiger partial charge in [0, 0.05) is 18.9 Å². The number of aromatic nitrogens is 6. The summed E-state index contributed by atoms with van der Waals surface area (Å²) in [6.07, 6.45) is 5.22. The van der Waals surface area contributed by atoms with Gasteiger partial charge in [0.25, 0.3) is 0 Å². The van der Waals surface area contributed by atoms with Crippen molar-refractivity contribution in [2.75, 3.05) is 5.32 Å². The van der Waals surface area contributed by atoms with Crippen LogP contribution in [0.1, 0.15) is 5.69 Å². The number of benzene rings is 1. The Morgan fingerprint density at radius 2 is 2.05 bits per heavy atom. The second-order valence-electron chi connectivity index (χ2n) is 4.16. The van der Waals surface area contributed by atoms with Gasteiger partial charge in [-0.2, -0.15) is 0 Å². The molecule has 0 aliphatic carbocycles. The molecule has 0 aliphatic heterocycles. The SMILES string of the molecule is Cn1cc(CNc2cccc(-n3cnnc3)c2)nn1. The Bertz CT molecular complexity index is 656. The van der Waals surface area contributed by atoms with Gasteiger partial charge in [0.15, 0.2) is 0 Å². The van der Waals surface area contributed by atoms with Crippen molar-refractivity contribution >= 4 is 5.69 Å². The van der Waals surface area contributed by atoms with Crippen molar-refractivity contribution in [3.8, 4) is 5.69 Å². The van der Waals surface area contributed by atoms with Gasteiger partial charge in [-0.25, -0.2) is 0 Å². The van der Waals surface area contributed by atoms with Crippen molar-refractivity contribution in [3.05, 3.63) is 48.8 Å². The number of nitrogens with one attached hydrogen (secondary N) is 1. The number of aryl methyl sites for hydroxylation is 1. The summed E-state index contributed by atoms with van der Waals surface area (Å²) in [4.78, 5) is 0. The molecule has 0 spiro atoms. The van der Waals surface area contributed by atoms with E-state index in [0.717, 1.165) is 17.1 Å². The van der Waals surface area contributed by atoms with Crippen LogP contribution in [0.15, 0.2) is 43.1 Å². The minimum absolute atomic E-state index is 0.638. The average Bonchev–Trinajstić information content (AvgIpc) is 3.08. The largest absolute Gasteiger partial charge is 0.379 e. The number of nitrogens with zero attached hydrogens (tertiary/aromatic N) is 6. The van der Waals surface area contributed by atoms with Crippen LogP contribution in [-0.4, -0.2) is 29.8 Å². The third-order valence-electron chi connectivity index (χ3n) is 2.69. The van der Waals surface area contributed by atoms with Crippen molar-refractivity contribution in [1.82, 2.24) is 29.8 Å². The van der Waals surface area contributed by atoms with Crippen LogP contribution in [0.5, 0.6) is 0 Å². The first kappa shape index (κ1) is 11.4. The van der Waals surface area contributed by atoms with E-state index in [2.05, 4.69) is 25.8 Å². The monoisotopic (exact) mass is 255 g/mol. The predicted octanol–water partition coefficient (Wildman–Crippen LogP) is 1.01. The highest BCUT2D eigenvalue weighted by Gasteiger charge is 2.00. The molecule has 0 fully saturated rings. The van der Waals surface area contributed by atoms with Crippen molar-refractivity contribution in [3.63, 3.8) is 0 Å². The van der Waals surface area contributed by atoms with E-state index in [4.69, 9.17) is 0 Å². The van der Waals surface area contributed by atoms with E-state index in [1.54, 1.807) is 17.3 Å². The van der Waals surface area contributed by atoms with E-state index in [9.17, 15) is 0 Å². The maximum atomic E-state index is 4.03. The standard InChI is InChI=1S/C12H13N7/c1-18-7-11(16-17-18)6-13-10-3-2-4-12(5-10)19-8-14-15-9-19/h2-5,7-9,13H,6H2,1H3. The lowest BCUT2D eigenvalue weighted by atomic mass is 10.2. The highest BCUT2D eigenvalue weighted by Crippen LogP contribution is 2.14. The third kappa shape index (κ3) is 2.59. The first-order valence-electron chi connectivity index (χ1n) is 5.85. The van der Waals surface area contributed by atoms with Gasteiger partial charge in [-0.15, -0.1) is 15.3 Å². The Hall–Kier alpha value is -2.70. The van der Waals surface area contributed by atoms with E-state index < -0.39 is 0 Å². The lowest BCUT2D eigenvalue weighted by Crippen LogP contribution is -2.00. The van der Waals surface area contributed by atoms with Gasteiger partial charge in [-0.3, -0.25) is 9.25 Å². The molecular weight excluding hydrogens is 242 g/mol. The summed E-state index contributed by atoms with van der Waals surface area (Å²) in [5.41, 5.74) is 2.92. The van der Waals surface area contributed by atoms with Crippen LogP contribution in [-0.2, 0) is 13.6 Å². The van der Waals surface area contributed by atoms with Gasteiger partial charge >= 0.3 is 0 Å². The Balaban J connectivity index is 1.73. The summed E-state index contributed by atoms with van der Waals surface area (Å²) in [7, 11) is 1.85. The molecule has 3 rings (SSSR count). The van der Waals surface area contributed by atoms with Crippen LogP contribution in [0.3, 0.4) is 0 Å². The zero-order chi connectivity index (χ0) is 13.1. The molecule has 0 amide bonds.